The van der Waals surface area contributed by atoms with E-state index in [0.29, 0.717) is 13.0 Å². The summed E-state index contributed by atoms with van der Waals surface area (Å²) in [5.41, 5.74) is 6.62. The van der Waals surface area contributed by atoms with Crippen molar-refractivity contribution in [1.29, 1.82) is 0 Å². The summed E-state index contributed by atoms with van der Waals surface area (Å²) in [5, 5.41) is 0. The third-order valence-electron chi connectivity index (χ3n) is 2.51. The van der Waals surface area contributed by atoms with Gasteiger partial charge in [-0.15, -0.1) is 0 Å². The zero-order valence-corrected chi connectivity index (χ0v) is 11.2. The lowest BCUT2D eigenvalue weighted by Crippen LogP contribution is -2.38. The average Bonchev–Trinajstić information content (AvgIpc) is 2.27. The summed E-state index contributed by atoms with van der Waals surface area (Å²) < 4.78 is 25.2. The summed E-state index contributed by atoms with van der Waals surface area (Å²) in [6.07, 6.45) is 0.534. The molecule has 0 aliphatic carbocycles. The van der Waals surface area contributed by atoms with Gasteiger partial charge in [-0.05, 0) is 18.9 Å². The number of nitrogens with zero attached hydrogens (tertiary/aromatic N) is 1. The highest BCUT2D eigenvalue weighted by atomic mass is 32.2. The first kappa shape index (κ1) is 14.2. The molecule has 1 aromatic carbocycles. The first-order valence-electron chi connectivity index (χ1n) is 5.65. The van der Waals surface area contributed by atoms with E-state index in [4.69, 9.17) is 5.73 Å². The topological polar surface area (TPSA) is 63.4 Å². The minimum atomic E-state index is -3.20. The maximum Gasteiger partial charge on any atom is 0.214 e. The van der Waals surface area contributed by atoms with Gasteiger partial charge in [0.05, 0.1) is 5.75 Å². The van der Waals surface area contributed by atoms with E-state index >= 15 is 0 Å². The van der Waals surface area contributed by atoms with E-state index in [0.717, 1.165) is 5.56 Å². The van der Waals surface area contributed by atoms with Crippen LogP contribution in [-0.2, 0) is 16.4 Å². The summed E-state index contributed by atoms with van der Waals surface area (Å²) >= 11 is 0. The number of likely N-dealkylation sites (N-methyl/N-ethyl adjacent to an activating group) is 1. The molecular weight excluding hydrogens is 236 g/mol. The fourth-order valence-corrected chi connectivity index (χ4v) is 2.83. The highest BCUT2D eigenvalue weighted by Gasteiger charge is 2.18. The Bertz CT molecular complexity index is 429. The zero-order valence-electron chi connectivity index (χ0n) is 10.3. The first-order valence-corrected chi connectivity index (χ1v) is 7.26. The van der Waals surface area contributed by atoms with Gasteiger partial charge < -0.3 is 5.73 Å². The van der Waals surface area contributed by atoms with Gasteiger partial charge in [-0.2, -0.15) is 0 Å². The molecule has 0 saturated carbocycles. The molecule has 0 fully saturated rings. The Morgan fingerprint density at radius 1 is 1.29 bits per heavy atom. The van der Waals surface area contributed by atoms with Crippen LogP contribution in [0.5, 0.6) is 0 Å². The van der Waals surface area contributed by atoms with Gasteiger partial charge in [-0.25, -0.2) is 12.7 Å². The zero-order chi connectivity index (χ0) is 12.9. The molecule has 1 rings (SSSR count). The predicted molar refractivity (Wildman–Crippen MR) is 70.2 cm³/mol. The molecule has 0 amide bonds. The van der Waals surface area contributed by atoms with Crippen LogP contribution >= 0.6 is 0 Å². The standard InChI is InChI=1S/C12H20N2O2S/c1-11(13)10-14(2)17(15,16)9-8-12-6-4-3-5-7-12/h3-7,11H,8-10,13H2,1-2H3. The lowest BCUT2D eigenvalue weighted by atomic mass is 10.2. The second kappa shape index (κ2) is 6.14. The fraction of sp³-hybridized carbons (Fsp3) is 0.500. The Hall–Kier alpha value is -0.910. The molecular formula is C12H20N2O2S. The smallest absolute Gasteiger partial charge is 0.214 e. The van der Waals surface area contributed by atoms with E-state index in [-0.39, 0.29) is 11.8 Å². The molecule has 17 heavy (non-hydrogen) atoms. The quantitative estimate of drug-likeness (QED) is 0.820. The predicted octanol–water partition coefficient (Wildman–Crippen LogP) is 0.838. The Kier molecular flexibility index (Phi) is 5.11. The lowest BCUT2D eigenvalue weighted by Gasteiger charge is -2.18. The van der Waals surface area contributed by atoms with Gasteiger partial charge in [0.2, 0.25) is 10.0 Å². The van der Waals surface area contributed by atoms with Crippen molar-refractivity contribution in [2.75, 3.05) is 19.3 Å². The summed E-state index contributed by atoms with van der Waals surface area (Å²) in [5.74, 6) is 0.125. The molecule has 0 spiro atoms. The van der Waals surface area contributed by atoms with Crippen molar-refractivity contribution in [1.82, 2.24) is 4.31 Å². The molecule has 4 nitrogen and oxygen atoms in total. The number of aryl methyl sites for hydroxylation is 1. The van der Waals surface area contributed by atoms with Crippen molar-refractivity contribution in [2.45, 2.75) is 19.4 Å². The minimum absolute atomic E-state index is 0.125. The van der Waals surface area contributed by atoms with Crippen LogP contribution in [0.15, 0.2) is 30.3 Å². The maximum absolute atomic E-state index is 11.9. The Balaban J connectivity index is 2.56. The van der Waals surface area contributed by atoms with Gasteiger partial charge >= 0.3 is 0 Å². The van der Waals surface area contributed by atoms with Gasteiger partial charge in [0.1, 0.15) is 0 Å². The van der Waals surface area contributed by atoms with Gasteiger partial charge in [-0.3, -0.25) is 0 Å². The third kappa shape index (κ3) is 4.85. The maximum atomic E-state index is 11.9. The van der Waals surface area contributed by atoms with Crippen LogP contribution in [0.25, 0.3) is 0 Å². The van der Waals surface area contributed by atoms with E-state index in [9.17, 15) is 8.42 Å². The molecule has 5 heteroatoms. The summed E-state index contributed by atoms with van der Waals surface area (Å²) in [6.45, 7) is 2.15. The Labute approximate surface area is 103 Å². The monoisotopic (exact) mass is 256 g/mol. The highest BCUT2D eigenvalue weighted by molar-refractivity contribution is 7.89. The molecule has 1 aromatic rings. The molecule has 0 bridgehead atoms. The van der Waals surface area contributed by atoms with Gasteiger partial charge in [0, 0.05) is 19.6 Å². The van der Waals surface area contributed by atoms with Gasteiger partial charge in [0.15, 0.2) is 0 Å². The normalized spacial score (nSPS) is 13.9. The number of rotatable bonds is 6. The van der Waals surface area contributed by atoms with E-state index in [1.165, 1.54) is 4.31 Å². The second-order valence-electron chi connectivity index (χ2n) is 4.31. The summed E-state index contributed by atoms with van der Waals surface area (Å²) in [4.78, 5) is 0. The van der Waals surface area contributed by atoms with Crippen LogP contribution in [-0.4, -0.2) is 38.1 Å². The van der Waals surface area contributed by atoms with Gasteiger partial charge in [0.25, 0.3) is 0 Å². The van der Waals surface area contributed by atoms with E-state index in [1.807, 2.05) is 30.3 Å². The molecule has 0 aliphatic heterocycles. The van der Waals surface area contributed by atoms with E-state index in [1.54, 1.807) is 14.0 Å². The molecule has 0 radical (unpaired) electrons. The van der Waals surface area contributed by atoms with Crippen molar-refractivity contribution >= 4 is 10.0 Å². The Morgan fingerprint density at radius 3 is 2.41 bits per heavy atom. The SMILES string of the molecule is CC(N)CN(C)S(=O)(=O)CCc1ccccc1. The molecule has 0 heterocycles. The average molecular weight is 256 g/mol. The number of hydrogen-bond donors (Lipinski definition) is 1. The van der Waals surface area contributed by atoms with Crippen molar-refractivity contribution in [3.63, 3.8) is 0 Å². The van der Waals surface area contributed by atoms with Crippen LogP contribution in [0.4, 0.5) is 0 Å². The summed E-state index contributed by atoms with van der Waals surface area (Å²) in [6, 6.07) is 9.45. The van der Waals surface area contributed by atoms with Gasteiger partial charge in [-0.1, -0.05) is 30.3 Å². The number of benzene rings is 1. The molecule has 0 saturated heterocycles. The third-order valence-corrected chi connectivity index (χ3v) is 4.33. The molecule has 96 valence electrons. The van der Waals surface area contributed by atoms with Crippen molar-refractivity contribution in [2.24, 2.45) is 5.73 Å². The number of sulfonamides is 1. The fourth-order valence-electron chi connectivity index (χ4n) is 1.57. The second-order valence-corrected chi connectivity index (χ2v) is 6.50. The highest BCUT2D eigenvalue weighted by Crippen LogP contribution is 2.05. The Morgan fingerprint density at radius 2 is 1.88 bits per heavy atom. The molecule has 0 aromatic heterocycles. The van der Waals surface area contributed by atoms with Crippen LogP contribution in [0.2, 0.25) is 0 Å². The number of hydrogen-bond acceptors (Lipinski definition) is 3. The van der Waals surface area contributed by atoms with Crippen molar-refractivity contribution in [3.05, 3.63) is 35.9 Å². The molecule has 1 unspecified atom stereocenters. The van der Waals surface area contributed by atoms with Crippen molar-refractivity contribution < 1.29 is 8.42 Å². The largest absolute Gasteiger partial charge is 0.327 e. The van der Waals surface area contributed by atoms with Crippen molar-refractivity contribution in [3.8, 4) is 0 Å². The molecule has 0 aliphatic rings. The van der Waals surface area contributed by atoms with Crippen LogP contribution in [0, 0.1) is 0 Å². The minimum Gasteiger partial charge on any atom is -0.327 e. The van der Waals surface area contributed by atoms with E-state index < -0.39 is 10.0 Å². The van der Waals surface area contributed by atoms with Crippen LogP contribution < -0.4 is 5.73 Å². The van der Waals surface area contributed by atoms with Crippen LogP contribution in [0.1, 0.15) is 12.5 Å². The lowest BCUT2D eigenvalue weighted by molar-refractivity contribution is 0.445. The molecule has 2 N–H and O–H groups in total. The first-order chi connectivity index (χ1) is 7.92. The number of nitrogens with two attached hydrogens (primary N) is 1. The molecule has 1 atom stereocenters. The van der Waals surface area contributed by atoms with E-state index in [2.05, 4.69) is 0 Å². The van der Waals surface area contributed by atoms with Crippen LogP contribution in [0.3, 0.4) is 0 Å². The summed E-state index contributed by atoms with van der Waals surface area (Å²) in [7, 11) is -1.63.